The van der Waals surface area contributed by atoms with E-state index in [0.29, 0.717) is 18.9 Å². The van der Waals surface area contributed by atoms with E-state index in [1.165, 1.54) is 0 Å². The number of aliphatic hydroxyl groups is 1. The molecule has 5 atom stereocenters. The lowest BCUT2D eigenvalue weighted by molar-refractivity contribution is -0.199. The summed E-state index contributed by atoms with van der Waals surface area (Å²) < 4.78 is 5.61. The van der Waals surface area contributed by atoms with Crippen LogP contribution in [0.2, 0.25) is 0 Å². The lowest BCUT2D eigenvalue weighted by Gasteiger charge is -2.49. The molecule has 1 aliphatic carbocycles. The lowest BCUT2D eigenvalue weighted by Crippen LogP contribution is -2.66. The molecule has 3 saturated heterocycles. The molecule has 5 rings (SSSR count). The van der Waals surface area contributed by atoms with Gasteiger partial charge in [0, 0.05) is 32.9 Å². The molecule has 1 saturated carbocycles. The monoisotopic (exact) mass is 403 g/mol. The van der Waals surface area contributed by atoms with Crippen molar-refractivity contribution in [1.29, 1.82) is 0 Å². The van der Waals surface area contributed by atoms with E-state index in [2.05, 4.69) is 52.8 Å². The van der Waals surface area contributed by atoms with Gasteiger partial charge in [-0.3, -0.25) is 4.79 Å². The molecule has 7 heteroatoms. The van der Waals surface area contributed by atoms with E-state index in [1.54, 1.807) is 0 Å². The SMILES string of the molecule is CC(C)CN1C(=S)N(Cc2ccc(N(C)C)cc2)[C@H]2[C@H]3OC(=O)[C@H](C[C@H]3O)[C@H]21. The van der Waals surface area contributed by atoms with Gasteiger partial charge in [-0.05, 0) is 42.3 Å². The second-order valence-electron chi connectivity index (χ2n) is 8.81. The number of rotatable bonds is 5. The third-order valence-corrected chi connectivity index (χ3v) is 6.58. The molecule has 0 amide bonds. The van der Waals surface area contributed by atoms with Gasteiger partial charge in [0.1, 0.15) is 6.10 Å². The Morgan fingerprint density at radius 3 is 2.50 bits per heavy atom. The zero-order valence-electron chi connectivity index (χ0n) is 16.9. The van der Waals surface area contributed by atoms with Crippen LogP contribution < -0.4 is 4.90 Å². The predicted molar refractivity (Wildman–Crippen MR) is 112 cm³/mol. The van der Waals surface area contributed by atoms with Crippen LogP contribution in [0.25, 0.3) is 0 Å². The van der Waals surface area contributed by atoms with Gasteiger partial charge in [0.25, 0.3) is 0 Å². The molecule has 1 aromatic rings. The molecule has 0 unspecified atom stereocenters. The lowest BCUT2D eigenvalue weighted by atomic mass is 9.74. The van der Waals surface area contributed by atoms with E-state index in [-0.39, 0.29) is 24.0 Å². The van der Waals surface area contributed by atoms with Gasteiger partial charge in [0.2, 0.25) is 0 Å². The molecule has 0 radical (unpaired) electrons. The molecule has 4 fully saturated rings. The van der Waals surface area contributed by atoms with Crippen LogP contribution in [0.1, 0.15) is 25.8 Å². The van der Waals surface area contributed by atoms with Crippen LogP contribution in [0.4, 0.5) is 5.69 Å². The van der Waals surface area contributed by atoms with Crippen LogP contribution in [0.5, 0.6) is 0 Å². The fourth-order valence-electron chi connectivity index (χ4n) is 4.84. The Bertz CT molecular complexity index is 767. The molecule has 1 aromatic carbocycles. The number of nitrogens with zero attached hydrogens (tertiary/aromatic N) is 3. The number of ether oxygens (including phenoxy) is 1. The summed E-state index contributed by atoms with van der Waals surface area (Å²) in [5.74, 6) is -0.0765. The highest BCUT2D eigenvalue weighted by molar-refractivity contribution is 7.80. The number of hydrogen-bond acceptors (Lipinski definition) is 5. The average molecular weight is 404 g/mol. The van der Waals surface area contributed by atoms with Crippen molar-refractivity contribution < 1.29 is 14.6 Å². The number of aliphatic hydroxyl groups excluding tert-OH is 1. The Labute approximate surface area is 172 Å². The van der Waals surface area contributed by atoms with Crippen molar-refractivity contribution in [2.45, 2.75) is 51.1 Å². The van der Waals surface area contributed by atoms with E-state index < -0.39 is 12.2 Å². The normalized spacial score (nSPS) is 31.4. The molecular formula is C21H29N3O3S. The van der Waals surface area contributed by atoms with Gasteiger partial charge >= 0.3 is 5.97 Å². The second kappa shape index (κ2) is 7.19. The highest BCUT2D eigenvalue weighted by Crippen LogP contribution is 2.44. The maximum Gasteiger partial charge on any atom is 0.311 e. The van der Waals surface area contributed by atoms with E-state index >= 15 is 0 Å². The summed E-state index contributed by atoms with van der Waals surface area (Å²) in [4.78, 5) is 18.9. The Kier molecular flexibility index (Phi) is 5.00. The summed E-state index contributed by atoms with van der Waals surface area (Å²) in [7, 11) is 4.04. The first-order valence-corrected chi connectivity index (χ1v) is 10.4. The summed E-state index contributed by atoms with van der Waals surface area (Å²) in [6, 6.07) is 8.32. The van der Waals surface area contributed by atoms with Crippen molar-refractivity contribution in [2.75, 3.05) is 25.5 Å². The number of benzene rings is 1. The van der Waals surface area contributed by atoms with Gasteiger partial charge in [-0.25, -0.2) is 0 Å². The molecule has 0 aromatic heterocycles. The highest BCUT2D eigenvalue weighted by Gasteiger charge is 2.62. The first kappa shape index (κ1) is 19.5. The van der Waals surface area contributed by atoms with Gasteiger partial charge in [0.15, 0.2) is 5.11 Å². The van der Waals surface area contributed by atoms with Crippen molar-refractivity contribution in [3.8, 4) is 0 Å². The number of thiocarbonyl (C=S) groups is 1. The number of carbonyl (C=O) groups is 1. The number of hydrogen-bond donors (Lipinski definition) is 1. The molecule has 152 valence electrons. The summed E-state index contributed by atoms with van der Waals surface area (Å²) in [6.45, 7) is 5.78. The molecule has 3 aliphatic heterocycles. The quantitative estimate of drug-likeness (QED) is 0.595. The maximum atomic E-state index is 12.4. The first-order chi connectivity index (χ1) is 13.3. The van der Waals surface area contributed by atoms with Crippen LogP contribution >= 0.6 is 12.2 Å². The van der Waals surface area contributed by atoms with Gasteiger partial charge < -0.3 is 24.5 Å². The van der Waals surface area contributed by atoms with E-state index in [9.17, 15) is 9.90 Å². The molecule has 0 spiro atoms. The molecule has 4 aliphatic rings. The van der Waals surface area contributed by atoms with Crippen molar-refractivity contribution in [3.05, 3.63) is 29.8 Å². The molecule has 6 nitrogen and oxygen atoms in total. The largest absolute Gasteiger partial charge is 0.457 e. The van der Waals surface area contributed by atoms with Gasteiger partial charge in [-0.2, -0.15) is 0 Å². The number of esters is 1. The Balaban J connectivity index is 1.64. The van der Waals surface area contributed by atoms with Crippen LogP contribution in [0.15, 0.2) is 24.3 Å². The first-order valence-electron chi connectivity index (χ1n) is 10.00. The number of carbonyl (C=O) groups excluding carboxylic acids is 1. The number of fused-ring (bicyclic) bond motifs is 2. The molecule has 3 heterocycles. The zero-order chi connectivity index (χ0) is 20.2. The third kappa shape index (κ3) is 3.14. The second-order valence-corrected chi connectivity index (χ2v) is 9.17. The minimum atomic E-state index is -0.621. The van der Waals surface area contributed by atoms with Gasteiger partial charge in [0.05, 0.1) is 24.1 Å². The summed E-state index contributed by atoms with van der Waals surface area (Å²) in [5.41, 5.74) is 2.30. The standard InChI is InChI=1S/C21H29N3O3S/c1-12(2)10-23-17-15-9-16(25)19(27-20(15)26)18(17)24(21(23)28)11-13-5-7-14(8-6-13)22(3)4/h5-8,12,15-19,25H,9-11H2,1-4H3/t15-,16-,17-,18-,19+/m1/s1. The van der Waals surface area contributed by atoms with Crippen molar-refractivity contribution in [2.24, 2.45) is 11.8 Å². The average Bonchev–Trinajstić information content (AvgIpc) is 2.90. The van der Waals surface area contributed by atoms with Crippen LogP contribution in [0, 0.1) is 11.8 Å². The molecule has 1 N–H and O–H groups in total. The fourth-order valence-corrected chi connectivity index (χ4v) is 5.23. The third-order valence-electron chi connectivity index (χ3n) is 6.11. The van der Waals surface area contributed by atoms with Crippen LogP contribution in [-0.4, -0.2) is 70.9 Å². The summed E-state index contributed by atoms with van der Waals surface area (Å²) in [5, 5.41) is 11.3. The van der Waals surface area contributed by atoms with Gasteiger partial charge in [-0.1, -0.05) is 26.0 Å². The fraction of sp³-hybridized carbons (Fsp3) is 0.619. The maximum absolute atomic E-state index is 12.4. The smallest absolute Gasteiger partial charge is 0.311 e. The molecular weight excluding hydrogens is 374 g/mol. The van der Waals surface area contributed by atoms with Crippen LogP contribution in [-0.2, 0) is 16.1 Å². The Hall–Kier alpha value is -1.86. The summed E-state index contributed by atoms with van der Waals surface area (Å²) in [6.07, 6.45) is -0.671. The number of anilines is 1. The Morgan fingerprint density at radius 2 is 1.89 bits per heavy atom. The Morgan fingerprint density at radius 1 is 1.21 bits per heavy atom. The predicted octanol–water partition coefficient (Wildman–Crippen LogP) is 1.85. The van der Waals surface area contributed by atoms with Crippen LogP contribution in [0.3, 0.4) is 0 Å². The molecule has 2 bridgehead atoms. The zero-order valence-corrected chi connectivity index (χ0v) is 17.7. The van der Waals surface area contributed by atoms with Crippen molar-refractivity contribution in [3.63, 3.8) is 0 Å². The molecule has 28 heavy (non-hydrogen) atoms. The van der Waals surface area contributed by atoms with Crippen molar-refractivity contribution >= 4 is 29.0 Å². The minimum Gasteiger partial charge on any atom is -0.457 e. The van der Waals surface area contributed by atoms with Gasteiger partial charge in [-0.15, -0.1) is 0 Å². The minimum absolute atomic E-state index is 0.00871. The summed E-state index contributed by atoms with van der Waals surface area (Å²) >= 11 is 5.87. The topological polar surface area (TPSA) is 56.2 Å². The van der Waals surface area contributed by atoms with E-state index in [4.69, 9.17) is 17.0 Å². The van der Waals surface area contributed by atoms with Crippen molar-refractivity contribution in [1.82, 2.24) is 9.80 Å². The highest BCUT2D eigenvalue weighted by atomic mass is 32.1. The van der Waals surface area contributed by atoms with E-state index in [0.717, 1.165) is 22.9 Å². The van der Waals surface area contributed by atoms with E-state index in [1.807, 2.05) is 14.1 Å².